The standard InChI is InChI=1S/C36H36N4O/c1-6-29-24(4)33(39-31(29)22-37-27-14-10-8-11-15-27)32(26-20-18-23(3)19-21-26)34-25(5)30(7-2)35(40-34)36(41)38-28-16-12-9-13-17-28/h8-22,39H,6-7H2,1-5H3,(H,38,41)/b34-32-,37-22?. The smallest absolute Gasteiger partial charge is 0.274 e. The van der Waals surface area contributed by atoms with E-state index >= 15 is 0 Å². The van der Waals surface area contributed by atoms with Crippen LogP contribution in [0.15, 0.2) is 112 Å². The van der Waals surface area contributed by atoms with Crippen molar-refractivity contribution < 1.29 is 4.79 Å². The van der Waals surface area contributed by atoms with Gasteiger partial charge in [0, 0.05) is 11.3 Å². The SMILES string of the molecule is CCC1=C(C)/C(=C(\c2ccc(C)cc2)c2[nH]c(C=Nc3ccccc3)c(CC)c2C)N=C1C(=O)Nc1ccccc1. The molecule has 1 aromatic heterocycles. The van der Waals surface area contributed by atoms with Gasteiger partial charge in [-0.05, 0) is 85.7 Å². The van der Waals surface area contributed by atoms with Crippen LogP contribution in [-0.2, 0) is 11.2 Å². The lowest BCUT2D eigenvalue weighted by Gasteiger charge is -2.13. The zero-order valence-electron chi connectivity index (χ0n) is 24.4. The number of H-pyrrole nitrogens is 1. The third-order valence-electron chi connectivity index (χ3n) is 7.61. The minimum Gasteiger partial charge on any atom is -0.353 e. The fraction of sp³-hybridized carbons (Fsp3) is 0.194. The van der Waals surface area contributed by atoms with Gasteiger partial charge >= 0.3 is 0 Å². The lowest BCUT2D eigenvalue weighted by Crippen LogP contribution is -2.23. The number of carbonyl (C=O) groups excluding carboxylic acids is 1. The molecule has 2 heterocycles. The number of aromatic nitrogens is 1. The first-order valence-electron chi connectivity index (χ1n) is 14.2. The van der Waals surface area contributed by atoms with Crippen molar-refractivity contribution in [3.63, 3.8) is 0 Å². The molecule has 0 radical (unpaired) electrons. The first-order valence-corrected chi connectivity index (χ1v) is 14.2. The molecule has 0 saturated heterocycles. The summed E-state index contributed by atoms with van der Waals surface area (Å²) in [6, 6.07) is 28.0. The third kappa shape index (κ3) is 5.75. The van der Waals surface area contributed by atoms with E-state index in [0.29, 0.717) is 12.1 Å². The molecule has 41 heavy (non-hydrogen) atoms. The predicted molar refractivity (Wildman–Crippen MR) is 171 cm³/mol. The van der Waals surface area contributed by atoms with Gasteiger partial charge in [0.2, 0.25) is 0 Å². The Morgan fingerprint density at radius 1 is 0.878 bits per heavy atom. The van der Waals surface area contributed by atoms with E-state index in [1.807, 2.05) is 66.9 Å². The molecule has 5 nitrogen and oxygen atoms in total. The number of aromatic amines is 1. The number of nitrogens with one attached hydrogen (secondary N) is 2. The van der Waals surface area contributed by atoms with E-state index in [9.17, 15) is 4.79 Å². The van der Waals surface area contributed by atoms with Crippen LogP contribution in [0.3, 0.4) is 0 Å². The summed E-state index contributed by atoms with van der Waals surface area (Å²) in [4.78, 5) is 27.0. The molecule has 4 aromatic rings. The molecule has 0 saturated carbocycles. The lowest BCUT2D eigenvalue weighted by atomic mass is 9.92. The summed E-state index contributed by atoms with van der Waals surface area (Å²) in [7, 11) is 0. The minimum absolute atomic E-state index is 0.196. The Kier molecular flexibility index (Phi) is 8.25. The highest BCUT2D eigenvalue weighted by molar-refractivity contribution is 6.50. The Morgan fingerprint density at radius 3 is 2.17 bits per heavy atom. The Morgan fingerprint density at radius 2 is 1.54 bits per heavy atom. The highest BCUT2D eigenvalue weighted by atomic mass is 16.1. The van der Waals surface area contributed by atoms with Crippen molar-refractivity contribution in [2.45, 2.75) is 47.5 Å². The summed E-state index contributed by atoms with van der Waals surface area (Å²) in [5.74, 6) is -0.196. The van der Waals surface area contributed by atoms with Crippen molar-refractivity contribution in [3.8, 4) is 0 Å². The maximum Gasteiger partial charge on any atom is 0.274 e. The number of hydrogen-bond donors (Lipinski definition) is 2. The van der Waals surface area contributed by atoms with Gasteiger partial charge < -0.3 is 10.3 Å². The van der Waals surface area contributed by atoms with Gasteiger partial charge in [0.05, 0.1) is 29.0 Å². The molecule has 0 aliphatic carbocycles. The molecular weight excluding hydrogens is 504 g/mol. The van der Waals surface area contributed by atoms with Crippen LogP contribution in [0, 0.1) is 13.8 Å². The van der Waals surface area contributed by atoms with E-state index in [4.69, 9.17) is 9.98 Å². The van der Waals surface area contributed by atoms with Gasteiger partial charge in [0.15, 0.2) is 0 Å². The van der Waals surface area contributed by atoms with Crippen molar-refractivity contribution in [2.75, 3.05) is 5.32 Å². The molecule has 1 amide bonds. The molecule has 0 unspecified atom stereocenters. The normalized spacial score (nSPS) is 14.5. The summed E-state index contributed by atoms with van der Waals surface area (Å²) in [6.45, 7) is 10.6. The third-order valence-corrected chi connectivity index (χ3v) is 7.61. The fourth-order valence-electron chi connectivity index (χ4n) is 5.40. The second kappa shape index (κ2) is 12.2. The van der Waals surface area contributed by atoms with Crippen LogP contribution in [0.1, 0.15) is 60.8 Å². The quantitative estimate of drug-likeness (QED) is 0.216. The molecule has 0 bridgehead atoms. The number of amides is 1. The number of allylic oxidation sites excluding steroid dienone is 1. The van der Waals surface area contributed by atoms with Crippen LogP contribution in [0.25, 0.3) is 5.57 Å². The number of benzene rings is 3. The average Bonchev–Trinajstić information content (AvgIpc) is 3.49. The summed E-state index contributed by atoms with van der Waals surface area (Å²) in [5.41, 5.74) is 12.5. The number of rotatable bonds is 8. The van der Waals surface area contributed by atoms with Crippen LogP contribution < -0.4 is 5.32 Å². The van der Waals surface area contributed by atoms with Crippen molar-refractivity contribution in [3.05, 3.63) is 135 Å². The largest absolute Gasteiger partial charge is 0.353 e. The highest BCUT2D eigenvalue weighted by Crippen LogP contribution is 2.39. The van der Waals surface area contributed by atoms with Crippen LogP contribution >= 0.6 is 0 Å². The van der Waals surface area contributed by atoms with Gasteiger partial charge in [-0.1, -0.05) is 80.1 Å². The second-order valence-electron chi connectivity index (χ2n) is 10.3. The first kappa shape index (κ1) is 27.8. The molecular formula is C36H36N4O. The Balaban J connectivity index is 1.68. The maximum atomic E-state index is 13.5. The number of hydrogen-bond acceptors (Lipinski definition) is 3. The van der Waals surface area contributed by atoms with Gasteiger partial charge in [-0.25, -0.2) is 4.99 Å². The zero-order valence-corrected chi connectivity index (χ0v) is 24.4. The molecule has 5 rings (SSSR count). The van der Waals surface area contributed by atoms with Crippen molar-refractivity contribution in [1.29, 1.82) is 0 Å². The summed E-state index contributed by atoms with van der Waals surface area (Å²) >= 11 is 0. The maximum absolute atomic E-state index is 13.5. The Labute approximate surface area is 242 Å². The average molecular weight is 541 g/mol. The summed E-state index contributed by atoms with van der Waals surface area (Å²) < 4.78 is 0. The molecule has 0 fully saturated rings. The van der Waals surface area contributed by atoms with Crippen molar-refractivity contribution in [2.24, 2.45) is 9.98 Å². The molecule has 5 heteroatoms. The Hall–Kier alpha value is -4.77. The molecule has 1 aliphatic rings. The number of aryl methyl sites for hydroxylation is 1. The molecule has 3 aromatic carbocycles. The predicted octanol–water partition coefficient (Wildman–Crippen LogP) is 8.52. The van der Waals surface area contributed by atoms with Gasteiger partial charge in [-0.15, -0.1) is 0 Å². The van der Waals surface area contributed by atoms with E-state index < -0.39 is 0 Å². The number of aliphatic imine (C=N–C) groups is 2. The topological polar surface area (TPSA) is 69.6 Å². The van der Waals surface area contributed by atoms with Crippen LogP contribution in [-0.4, -0.2) is 22.8 Å². The fourth-order valence-corrected chi connectivity index (χ4v) is 5.40. The van der Waals surface area contributed by atoms with E-state index in [-0.39, 0.29) is 5.91 Å². The summed E-state index contributed by atoms with van der Waals surface area (Å²) in [6.07, 6.45) is 3.48. The van der Waals surface area contributed by atoms with Gasteiger partial charge in [0.25, 0.3) is 5.91 Å². The number of para-hydroxylation sites is 2. The monoisotopic (exact) mass is 540 g/mol. The summed E-state index contributed by atoms with van der Waals surface area (Å²) in [5, 5.41) is 3.03. The highest BCUT2D eigenvalue weighted by Gasteiger charge is 2.29. The molecule has 0 atom stereocenters. The van der Waals surface area contributed by atoms with E-state index in [0.717, 1.165) is 62.7 Å². The zero-order chi connectivity index (χ0) is 28.9. The van der Waals surface area contributed by atoms with E-state index in [2.05, 4.69) is 69.2 Å². The molecule has 0 spiro atoms. The Bertz CT molecular complexity index is 1690. The van der Waals surface area contributed by atoms with Gasteiger partial charge in [0.1, 0.15) is 5.71 Å². The van der Waals surface area contributed by atoms with E-state index in [1.54, 1.807) is 0 Å². The van der Waals surface area contributed by atoms with E-state index in [1.165, 1.54) is 11.1 Å². The number of nitrogens with zero attached hydrogens (tertiary/aromatic N) is 2. The number of anilines is 1. The number of carbonyl (C=O) groups is 1. The first-order chi connectivity index (χ1) is 19.9. The van der Waals surface area contributed by atoms with Gasteiger partial charge in [-0.3, -0.25) is 9.79 Å². The molecule has 2 N–H and O–H groups in total. The van der Waals surface area contributed by atoms with Crippen LogP contribution in [0.4, 0.5) is 11.4 Å². The lowest BCUT2D eigenvalue weighted by molar-refractivity contribution is -0.110. The van der Waals surface area contributed by atoms with Crippen molar-refractivity contribution in [1.82, 2.24) is 4.98 Å². The van der Waals surface area contributed by atoms with Crippen molar-refractivity contribution >= 4 is 34.8 Å². The molecule has 1 aliphatic heterocycles. The minimum atomic E-state index is -0.196. The molecule has 206 valence electrons. The van der Waals surface area contributed by atoms with Crippen LogP contribution in [0.2, 0.25) is 0 Å². The second-order valence-corrected chi connectivity index (χ2v) is 10.3. The van der Waals surface area contributed by atoms with Gasteiger partial charge in [-0.2, -0.15) is 0 Å². The van der Waals surface area contributed by atoms with Crippen LogP contribution in [0.5, 0.6) is 0 Å².